The highest BCUT2D eigenvalue weighted by molar-refractivity contribution is 7.89. The second-order valence-electron chi connectivity index (χ2n) is 7.73. The van der Waals surface area contributed by atoms with Gasteiger partial charge in [0.1, 0.15) is 5.75 Å². The second kappa shape index (κ2) is 9.33. The van der Waals surface area contributed by atoms with Gasteiger partial charge in [-0.3, -0.25) is 10.1 Å². The number of carbonyl (C=O) groups excluding carboxylic acids is 1. The molecular weight excluding hydrogens is 434 g/mol. The highest BCUT2D eigenvalue weighted by Crippen LogP contribution is 2.30. The molecule has 0 spiro atoms. The Morgan fingerprint density at radius 1 is 1.03 bits per heavy atom. The second-order valence-corrected chi connectivity index (χ2v) is 10.6. The number of hydrogen-bond donors (Lipinski definition) is 1. The van der Waals surface area contributed by atoms with Gasteiger partial charge in [-0.15, -0.1) is 0 Å². The van der Waals surface area contributed by atoms with E-state index in [0.29, 0.717) is 21.1 Å². The molecule has 1 aromatic heterocycles. The van der Waals surface area contributed by atoms with Crippen molar-refractivity contribution in [2.45, 2.75) is 57.7 Å². The average Bonchev–Trinajstić information content (AvgIpc) is 3.09. The molecule has 0 aliphatic carbocycles. The van der Waals surface area contributed by atoms with E-state index in [1.807, 2.05) is 45.9 Å². The summed E-state index contributed by atoms with van der Waals surface area (Å²) in [6.45, 7) is 9.08. The number of rotatable bonds is 8. The largest absolute Gasteiger partial charge is 0.481 e. The molecule has 0 aliphatic heterocycles. The van der Waals surface area contributed by atoms with Crippen LogP contribution in [0, 0.1) is 0 Å². The van der Waals surface area contributed by atoms with Crippen LogP contribution in [0.4, 0.5) is 5.13 Å². The molecule has 0 bridgehead atoms. The average molecular weight is 462 g/mol. The normalized spacial score (nSPS) is 13.2. The van der Waals surface area contributed by atoms with Gasteiger partial charge in [-0.25, -0.2) is 13.4 Å². The SMILES string of the molecule is CC(Oc1ccccc1)C(=O)Nc1nc2ccc(S(=O)(=O)N(C(C)C)C(C)C)cc2s1. The van der Waals surface area contributed by atoms with Gasteiger partial charge in [-0.05, 0) is 65.0 Å². The molecule has 2 aromatic carbocycles. The van der Waals surface area contributed by atoms with Crippen molar-refractivity contribution in [3.8, 4) is 5.75 Å². The Bertz CT molecular complexity index is 1150. The van der Waals surface area contributed by atoms with Crippen LogP contribution in [0.15, 0.2) is 53.4 Å². The van der Waals surface area contributed by atoms with Gasteiger partial charge in [0.15, 0.2) is 11.2 Å². The fourth-order valence-electron chi connectivity index (χ4n) is 3.36. The lowest BCUT2D eigenvalue weighted by Gasteiger charge is -2.29. The monoisotopic (exact) mass is 461 g/mol. The predicted octanol–water partition coefficient (Wildman–Crippen LogP) is 4.51. The number of nitrogens with one attached hydrogen (secondary N) is 1. The van der Waals surface area contributed by atoms with Gasteiger partial charge in [-0.2, -0.15) is 4.31 Å². The van der Waals surface area contributed by atoms with Crippen LogP contribution >= 0.6 is 11.3 Å². The van der Waals surface area contributed by atoms with Crippen molar-refractivity contribution in [1.29, 1.82) is 0 Å². The molecule has 1 unspecified atom stereocenters. The van der Waals surface area contributed by atoms with E-state index >= 15 is 0 Å². The number of thiazole rings is 1. The summed E-state index contributed by atoms with van der Waals surface area (Å²) in [5, 5.41) is 3.14. The van der Waals surface area contributed by atoms with E-state index in [0.717, 1.165) is 0 Å². The fraction of sp³-hybridized carbons (Fsp3) is 0.364. The van der Waals surface area contributed by atoms with Crippen LogP contribution in [0.5, 0.6) is 5.75 Å². The van der Waals surface area contributed by atoms with E-state index in [-0.39, 0.29) is 22.9 Å². The Hall–Kier alpha value is -2.49. The van der Waals surface area contributed by atoms with Gasteiger partial charge in [0, 0.05) is 12.1 Å². The molecule has 7 nitrogen and oxygen atoms in total. The summed E-state index contributed by atoms with van der Waals surface area (Å²) in [6, 6.07) is 13.6. The quantitative estimate of drug-likeness (QED) is 0.533. The zero-order valence-corrected chi connectivity index (χ0v) is 19.8. The van der Waals surface area contributed by atoms with Crippen LogP contribution in [-0.4, -0.2) is 41.8 Å². The topological polar surface area (TPSA) is 88.6 Å². The number of carbonyl (C=O) groups is 1. The number of nitrogens with zero attached hydrogens (tertiary/aromatic N) is 2. The number of amides is 1. The highest BCUT2D eigenvalue weighted by atomic mass is 32.2. The van der Waals surface area contributed by atoms with Gasteiger partial charge in [0.2, 0.25) is 10.0 Å². The Balaban J connectivity index is 1.80. The lowest BCUT2D eigenvalue weighted by atomic mass is 10.3. The Kier molecular flexibility index (Phi) is 6.98. The zero-order chi connectivity index (χ0) is 22.8. The molecule has 0 radical (unpaired) electrons. The van der Waals surface area contributed by atoms with Crippen LogP contribution in [0.2, 0.25) is 0 Å². The Morgan fingerprint density at radius 3 is 2.29 bits per heavy atom. The summed E-state index contributed by atoms with van der Waals surface area (Å²) < 4.78 is 34.1. The maximum atomic E-state index is 13.1. The van der Waals surface area contributed by atoms with E-state index in [1.165, 1.54) is 15.6 Å². The minimum absolute atomic E-state index is 0.164. The molecule has 1 N–H and O–H groups in total. The van der Waals surface area contributed by atoms with E-state index in [4.69, 9.17) is 4.74 Å². The van der Waals surface area contributed by atoms with E-state index in [9.17, 15) is 13.2 Å². The number of hydrogen-bond acceptors (Lipinski definition) is 6. The smallest absolute Gasteiger partial charge is 0.266 e. The maximum Gasteiger partial charge on any atom is 0.266 e. The first-order valence-corrected chi connectivity index (χ1v) is 12.3. The summed E-state index contributed by atoms with van der Waals surface area (Å²) in [5.74, 6) is 0.269. The lowest BCUT2D eigenvalue weighted by molar-refractivity contribution is -0.122. The Labute approximate surface area is 187 Å². The number of para-hydroxylation sites is 1. The summed E-state index contributed by atoms with van der Waals surface area (Å²) in [6.07, 6.45) is -0.712. The number of fused-ring (bicyclic) bond motifs is 1. The maximum absolute atomic E-state index is 13.1. The first-order chi connectivity index (χ1) is 14.6. The van der Waals surface area contributed by atoms with E-state index in [1.54, 1.807) is 37.3 Å². The van der Waals surface area contributed by atoms with Gasteiger partial charge < -0.3 is 4.74 Å². The predicted molar refractivity (Wildman–Crippen MR) is 124 cm³/mol. The van der Waals surface area contributed by atoms with Crippen LogP contribution in [0.3, 0.4) is 0 Å². The third-order valence-electron chi connectivity index (χ3n) is 4.61. The number of anilines is 1. The molecule has 166 valence electrons. The number of ether oxygens (including phenoxy) is 1. The fourth-order valence-corrected chi connectivity index (χ4v) is 6.20. The summed E-state index contributed by atoms with van der Waals surface area (Å²) in [7, 11) is -3.65. The lowest BCUT2D eigenvalue weighted by Crippen LogP contribution is -2.41. The van der Waals surface area contributed by atoms with Crippen molar-refractivity contribution < 1.29 is 17.9 Å². The zero-order valence-electron chi connectivity index (χ0n) is 18.2. The molecular formula is C22H27N3O4S2. The molecule has 1 heterocycles. The van der Waals surface area contributed by atoms with Gasteiger partial charge in [0.05, 0.1) is 15.1 Å². The first kappa shape index (κ1) is 23.2. The van der Waals surface area contributed by atoms with Crippen LogP contribution in [-0.2, 0) is 14.8 Å². The van der Waals surface area contributed by atoms with Crippen molar-refractivity contribution in [3.63, 3.8) is 0 Å². The van der Waals surface area contributed by atoms with Crippen molar-refractivity contribution in [1.82, 2.24) is 9.29 Å². The minimum Gasteiger partial charge on any atom is -0.481 e. The van der Waals surface area contributed by atoms with Crippen LogP contribution in [0.25, 0.3) is 10.2 Å². The highest BCUT2D eigenvalue weighted by Gasteiger charge is 2.29. The standard InChI is InChI=1S/C22H27N3O4S2/c1-14(2)25(15(3)4)31(27,28)18-11-12-19-20(13-18)30-22(23-19)24-21(26)16(5)29-17-9-7-6-8-10-17/h6-16H,1-5H3,(H,23,24,26). The molecule has 3 rings (SSSR count). The van der Waals surface area contributed by atoms with Crippen LogP contribution < -0.4 is 10.1 Å². The summed E-state index contributed by atoms with van der Waals surface area (Å²) in [5.41, 5.74) is 0.622. The molecule has 1 amide bonds. The van der Waals surface area contributed by atoms with Crippen molar-refractivity contribution in [2.75, 3.05) is 5.32 Å². The number of aromatic nitrogens is 1. The van der Waals surface area contributed by atoms with Crippen LogP contribution in [0.1, 0.15) is 34.6 Å². The third kappa shape index (κ3) is 5.23. The van der Waals surface area contributed by atoms with Gasteiger partial charge in [0.25, 0.3) is 5.91 Å². The first-order valence-electron chi connectivity index (χ1n) is 10.1. The van der Waals surface area contributed by atoms with Crippen molar-refractivity contribution in [2.24, 2.45) is 0 Å². The Morgan fingerprint density at radius 2 is 1.68 bits per heavy atom. The molecule has 0 fully saturated rings. The van der Waals surface area contributed by atoms with Crippen molar-refractivity contribution >= 4 is 42.6 Å². The minimum atomic E-state index is -3.65. The number of benzene rings is 2. The molecule has 0 aliphatic rings. The van der Waals surface area contributed by atoms with Gasteiger partial charge in [-0.1, -0.05) is 29.5 Å². The molecule has 9 heteroatoms. The van der Waals surface area contributed by atoms with Crippen molar-refractivity contribution in [3.05, 3.63) is 48.5 Å². The number of sulfonamides is 1. The van der Waals surface area contributed by atoms with E-state index < -0.39 is 16.1 Å². The molecule has 3 aromatic rings. The molecule has 0 saturated heterocycles. The third-order valence-corrected chi connectivity index (χ3v) is 7.79. The van der Waals surface area contributed by atoms with Gasteiger partial charge >= 0.3 is 0 Å². The summed E-state index contributed by atoms with van der Waals surface area (Å²) in [4.78, 5) is 17.1. The molecule has 0 saturated carbocycles. The molecule has 31 heavy (non-hydrogen) atoms. The molecule has 1 atom stereocenters. The van der Waals surface area contributed by atoms with E-state index in [2.05, 4.69) is 10.3 Å². The summed E-state index contributed by atoms with van der Waals surface area (Å²) >= 11 is 1.23.